The van der Waals surface area contributed by atoms with E-state index in [2.05, 4.69) is 13.8 Å². The zero-order valence-electron chi connectivity index (χ0n) is 34.5. The van der Waals surface area contributed by atoms with Crippen molar-refractivity contribution in [1.82, 2.24) is 0 Å². The van der Waals surface area contributed by atoms with Crippen molar-refractivity contribution in [3.8, 4) is 22.6 Å². The van der Waals surface area contributed by atoms with E-state index in [1.165, 1.54) is 193 Å². The summed E-state index contributed by atoms with van der Waals surface area (Å²) in [7, 11) is 0. The smallest absolute Gasteiger partial charge is 0.127 e. The highest BCUT2D eigenvalue weighted by molar-refractivity contribution is 5.80. The van der Waals surface area contributed by atoms with Crippen LogP contribution >= 0.6 is 0 Å². The molecular weight excluding hydrogens is 637 g/mol. The Balaban J connectivity index is 1.57. The predicted molar refractivity (Wildman–Crippen MR) is 231 cm³/mol. The number of anilines is 2. The molecular formula is C48H84N2O2. The second-order valence-corrected chi connectivity index (χ2v) is 15.8. The third-order valence-corrected chi connectivity index (χ3v) is 10.8. The number of unbranched alkanes of at least 4 members (excludes halogenated alkanes) is 30. The lowest BCUT2D eigenvalue weighted by Gasteiger charge is -2.17. The summed E-state index contributed by atoms with van der Waals surface area (Å²) in [5, 5.41) is 0. The lowest BCUT2D eigenvalue weighted by molar-refractivity contribution is 0.301. The first kappa shape index (κ1) is 45.8. The van der Waals surface area contributed by atoms with Gasteiger partial charge in [-0.25, -0.2) is 0 Å². The SMILES string of the molecule is CCCCCCCCCCCCCCCCCCOc1ccc(N)cc1-c1cc(N)ccc1OCCCCCCCCCCCCCCCCCC. The molecule has 2 aromatic rings. The number of hydrogen-bond donors (Lipinski definition) is 2. The Morgan fingerprint density at radius 3 is 0.808 bits per heavy atom. The van der Waals surface area contributed by atoms with Gasteiger partial charge in [-0.15, -0.1) is 0 Å². The van der Waals surface area contributed by atoms with E-state index >= 15 is 0 Å². The van der Waals surface area contributed by atoms with E-state index in [9.17, 15) is 0 Å². The molecule has 0 radical (unpaired) electrons. The summed E-state index contributed by atoms with van der Waals surface area (Å²) >= 11 is 0. The van der Waals surface area contributed by atoms with Crippen LogP contribution in [0.2, 0.25) is 0 Å². The van der Waals surface area contributed by atoms with Crippen molar-refractivity contribution in [2.75, 3.05) is 24.7 Å². The first-order chi connectivity index (χ1) is 25.7. The molecule has 52 heavy (non-hydrogen) atoms. The molecule has 0 aliphatic carbocycles. The summed E-state index contributed by atoms with van der Waals surface area (Å²) in [5.74, 6) is 1.71. The third kappa shape index (κ3) is 24.1. The topological polar surface area (TPSA) is 70.5 Å². The van der Waals surface area contributed by atoms with Gasteiger partial charge in [0.1, 0.15) is 11.5 Å². The molecule has 0 saturated carbocycles. The van der Waals surface area contributed by atoms with Gasteiger partial charge in [-0.2, -0.15) is 0 Å². The highest BCUT2D eigenvalue weighted by atomic mass is 16.5. The average molecular weight is 721 g/mol. The second kappa shape index (κ2) is 33.2. The molecule has 4 nitrogen and oxygen atoms in total. The summed E-state index contributed by atoms with van der Waals surface area (Å²) in [6.07, 6.45) is 43.8. The maximum Gasteiger partial charge on any atom is 0.127 e. The Hall–Kier alpha value is -2.36. The fraction of sp³-hybridized carbons (Fsp3) is 0.750. The van der Waals surface area contributed by atoms with Crippen molar-refractivity contribution < 1.29 is 9.47 Å². The summed E-state index contributed by atoms with van der Waals surface area (Å²) in [5.41, 5.74) is 15.9. The quantitative estimate of drug-likeness (QED) is 0.0538. The molecule has 0 atom stereocenters. The van der Waals surface area contributed by atoms with Crippen molar-refractivity contribution >= 4 is 11.4 Å². The van der Waals surface area contributed by atoms with Crippen LogP contribution in [0.4, 0.5) is 11.4 Å². The van der Waals surface area contributed by atoms with E-state index in [1.54, 1.807) is 0 Å². The van der Waals surface area contributed by atoms with Gasteiger partial charge in [-0.3, -0.25) is 0 Å². The van der Waals surface area contributed by atoms with Gasteiger partial charge < -0.3 is 20.9 Å². The van der Waals surface area contributed by atoms with Crippen molar-refractivity contribution in [2.24, 2.45) is 0 Å². The first-order valence-corrected chi connectivity index (χ1v) is 22.7. The zero-order chi connectivity index (χ0) is 37.2. The largest absolute Gasteiger partial charge is 0.493 e. The predicted octanol–water partition coefficient (Wildman–Crippen LogP) is 15.8. The van der Waals surface area contributed by atoms with Crippen LogP contribution in [0.25, 0.3) is 11.1 Å². The summed E-state index contributed by atoms with van der Waals surface area (Å²) in [6, 6.07) is 11.9. The standard InChI is InChI=1S/C48H84N2O2/c1-3-5-7-9-11-13-15-17-19-21-23-25-27-29-31-33-39-51-47-37-35-43(49)41-45(47)46-42-44(50)36-38-48(46)52-40-34-32-30-28-26-24-22-20-18-16-14-12-10-8-6-4-2/h35-38,41-42H,3-34,39-40,49-50H2,1-2H3. The molecule has 0 aromatic heterocycles. The van der Waals surface area contributed by atoms with Crippen molar-refractivity contribution in [3.05, 3.63) is 36.4 Å². The molecule has 0 amide bonds. The van der Waals surface area contributed by atoms with Gasteiger partial charge in [-0.1, -0.05) is 206 Å². The molecule has 0 saturated heterocycles. The number of benzene rings is 2. The Morgan fingerprint density at radius 2 is 0.558 bits per heavy atom. The molecule has 0 aliphatic heterocycles. The van der Waals surface area contributed by atoms with E-state index in [1.807, 2.05) is 36.4 Å². The van der Waals surface area contributed by atoms with E-state index in [0.717, 1.165) is 46.8 Å². The van der Waals surface area contributed by atoms with Crippen LogP contribution < -0.4 is 20.9 Å². The molecule has 0 heterocycles. The van der Waals surface area contributed by atoms with Gasteiger partial charge in [-0.05, 0) is 49.2 Å². The van der Waals surface area contributed by atoms with E-state index in [-0.39, 0.29) is 0 Å². The number of ether oxygens (including phenoxy) is 2. The fourth-order valence-corrected chi connectivity index (χ4v) is 7.43. The molecule has 0 unspecified atom stereocenters. The summed E-state index contributed by atoms with van der Waals surface area (Å²) in [4.78, 5) is 0. The first-order valence-electron chi connectivity index (χ1n) is 22.7. The van der Waals surface area contributed by atoms with Crippen molar-refractivity contribution in [1.29, 1.82) is 0 Å². The van der Waals surface area contributed by atoms with Gasteiger partial charge in [0.15, 0.2) is 0 Å². The van der Waals surface area contributed by atoms with Crippen LogP contribution in [0.15, 0.2) is 36.4 Å². The number of hydrogen-bond acceptors (Lipinski definition) is 4. The Kier molecular flexibility index (Phi) is 29.3. The maximum absolute atomic E-state index is 6.35. The minimum Gasteiger partial charge on any atom is -0.493 e. The average Bonchev–Trinajstić information content (AvgIpc) is 3.15. The van der Waals surface area contributed by atoms with Gasteiger partial charge in [0, 0.05) is 22.5 Å². The molecule has 298 valence electrons. The van der Waals surface area contributed by atoms with Crippen LogP contribution in [0.1, 0.15) is 219 Å². The van der Waals surface area contributed by atoms with Crippen LogP contribution in [-0.4, -0.2) is 13.2 Å². The van der Waals surface area contributed by atoms with Crippen LogP contribution in [0.5, 0.6) is 11.5 Å². The summed E-state index contributed by atoms with van der Waals surface area (Å²) < 4.78 is 12.7. The molecule has 4 heteroatoms. The molecule has 0 bridgehead atoms. The van der Waals surface area contributed by atoms with Gasteiger partial charge >= 0.3 is 0 Å². The highest BCUT2D eigenvalue weighted by Gasteiger charge is 2.14. The molecule has 4 N–H and O–H groups in total. The fourth-order valence-electron chi connectivity index (χ4n) is 7.43. The molecule has 0 fully saturated rings. The zero-order valence-corrected chi connectivity index (χ0v) is 34.5. The summed E-state index contributed by atoms with van der Waals surface area (Å²) in [6.45, 7) is 6.02. The Labute approximate surface area is 323 Å². The lowest BCUT2D eigenvalue weighted by Crippen LogP contribution is -2.03. The van der Waals surface area contributed by atoms with Crippen LogP contribution in [0, 0.1) is 0 Å². The van der Waals surface area contributed by atoms with Crippen molar-refractivity contribution in [3.63, 3.8) is 0 Å². The van der Waals surface area contributed by atoms with E-state index in [0.29, 0.717) is 13.2 Å². The van der Waals surface area contributed by atoms with Gasteiger partial charge in [0.25, 0.3) is 0 Å². The Morgan fingerprint density at radius 1 is 0.327 bits per heavy atom. The van der Waals surface area contributed by atoms with Gasteiger partial charge in [0.2, 0.25) is 0 Å². The van der Waals surface area contributed by atoms with Crippen LogP contribution in [0.3, 0.4) is 0 Å². The maximum atomic E-state index is 6.35. The number of rotatable bonds is 37. The highest BCUT2D eigenvalue weighted by Crippen LogP contribution is 2.39. The van der Waals surface area contributed by atoms with E-state index < -0.39 is 0 Å². The second-order valence-electron chi connectivity index (χ2n) is 15.8. The molecule has 2 rings (SSSR count). The monoisotopic (exact) mass is 721 g/mol. The number of nitrogens with two attached hydrogens (primary N) is 2. The minimum atomic E-state index is 0.715. The van der Waals surface area contributed by atoms with Gasteiger partial charge in [0.05, 0.1) is 13.2 Å². The minimum absolute atomic E-state index is 0.715. The molecule has 0 spiro atoms. The van der Waals surface area contributed by atoms with E-state index in [4.69, 9.17) is 20.9 Å². The lowest BCUT2D eigenvalue weighted by atomic mass is 10.0. The van der Waals surface area contributed by atoms with Crippen molar-refractivity contribution in [2.45, 2.75) is 219 Å². The Bertz CT molecular complexity index is 1000. The number of nitrogen functional groups attached to an aromatic ring is 2. The van der Waals surface area contributed by atoms with Crippen LogP contribution in [-0.2, 0) is 0 Å². The third-order valence-electron chi connectivity index (χ3n) is 10.8. The molecule has 2 aromatic carbocycles. The normalized spacial score (nSPS) is 11.3. The molecule has 0 aliphatic rings.